The maximum Gasteiger partial charge on any atom is 0.417 e. The van der Waals surface area contributed by atoms with Crippen molar-refractivity contribution in [1.82, 2.24) is 9.78 Å². The average Bonchev–Trinajstić information content (AvgIpc) is 3.41. The number of aliphatic hydroxyl groups is 2. The van der Waals surface area contributed by atoms with Gasteiger partial charge in [-0.2, -0.15) is 23.5 Å². The quantitative estimate of drug-likeness (QED) is 0.547. The molecular formula is C28H40F3N3O2. The molecule has 0 amide bonds. The van der Waals surface area contributed by atoms with Crippen molar-refractivity contribution in [2.45, 2.75) is 103 Å². The summed E-state index contributed by atoms with van der Waals surface area (Å²) in [6, 6.07) is 3.68. The van der Waals surface area contributed by atoms with Crippen LogP contribution >= 0.6 is 0 Å². The Morgan fingerprint density at radius 1 is 1.11 bits per heavy atom. The van der Waals surface area contributed by atoms with Crippen molar-refractivity contribution >= 4 is 0 Å². The summed E-state index contributed by atoms with van der Waals surface area (Å²) in [5.74, 6) is 1.87. The standard InChI is InChI=1S/C28H40F3N3O2/c1-17(24(35)16-34-13-9-19(15-32)33-34)21-6-7-22-20-5-4-18-14-27(36,28(29,30)31)12-11-25(18,2)23(20)8-10-26(21,22)3/h9,13,17-18,20-24,35-36H,4-8,10-12,14,16H2,1-3H3/t17-,18+,20-,21+,22-,23-,24+,25-,26-,27+/m0/s1. The molecule has 0 aromatic carbocycles. The lowest BCUT2D eigenvalue weighted by atomic mass is 9.43. The summed E-state index contributed by atoms with van der Waals surface area (Å²) in [6.45, 7) is 7.12. The third-order valence-corrected chi connectivity index (χ3v) is 11.7. The number of nitriles is 1. The van der Waals surface area contributed by atoms with E-state index < -0.39 is 17.9 Å². The van der Waals surface area contributed by atoms with Gasteiger partial charge in [0.1, 0.15) is 6.07 Å². The zero-order valence-electron chi connectivity index (χ0n) is 21.6. The molecule has 4 aliphatic rings. The zero-order chi connectivity index (χ0) is 26.1. The van der Waals surface area contributed by atoms with Gasteiger partial charge in [-0.15, -0.1) is 0 Å². The topological polar surface area (TPSA) is 82.1 Å². The Balaban J connectivity index is 1.30. The summed E-state index contributed by atoms with van der Waals surface area (Å²) in [6.07, 6.45) is 2.73. The van der Waals surface area contributed by atoms with E-state index in [0.29, 0.717) is 42.3 Å². The van der Waals surface area contributed by atoms with Crippen molar-refractivity contribution in [3.05, 3.63) is 18.0 Å². The molecule has 0 saturated heterocycles. The number of nitrogens with zero attached hydrogens (tertiary/aromatic N) is 3. The Morgan fingerprint density at radius 2 is 1.83 bits per heavy atom. The summed E-state index contributed by atoms with van der Waals surface area (Å²) in [5.41, 5.74) is -2.20. The minimum absolute atomic E-state index is 0.0752. The number of aliphatic hydroxyl groups excluding tert-OH is 1. The monoisotopic (exact) mass is 507 g/mol. The molecule has 4 saturated carbocycles. The smallest absolute Gasteiger partial charge is 0.391 e. The lowest BCUT2D eigenvalue weighted by Crippen LogP contribution is -2.59. The van der Waals surface area contributed by atoms with E-state index in [0.717, 1.165) is 38.5 Å². The molecule has 0 radical (unpaired) electrons. The maximum atomic E-state index is 13.6. The third kappa shape index (κ3) is 3.91. The minimum Gasteiger partial charge on any atom is -0.391 e. The first-order valence-electron chi connectivity index (χ1n) is 13.7. The molecule has 4 aliphatic carbocycles. The Morgan fingerprint density at radius 3 is 2.50 bits per heavy atom. The Labute approximate surface area is 212 Å². The summed E-state index contributed by atoms with van der Waals surface area (Å²) in [7, 11) is 0. The molecule has 200 valence electrons. The van der Waals surface area contributed by atoms with Crippen LogP contribution in [0.1, 0.15) is 84.3 Å². The van der Waals surface area contributed by atoms with E-state index in [-0.39, 0.29) is 35.5 Å². The van der Waals surface area contributed by atoms with E-state index in [9.17, 15) is 23.4 Å². The number of hydrogen-bond donors (Lipinski definition) is 2. The molecule has 1 aromatic heterocycles. The second kappa shape index (κ2) is 8.73. The fourth-order valence-corrected chi connectivity index (χ4v) is 9.56. The molecule has 10 atom stereocenters. The van der Waals surface area contributed by atoms with Gasteiger partial charge in [-0.25, -0.2) is 0 Å². The molecule has 1 heterocycles. The minimum atomic E-state index is -4.56. The number of halogens is 3. The van der Waals surface area contributed by atoms with Crippen LogP contribution in [0, 0.1) is 57.7 Å². The van der Waals surface area contributed by atoms with Gasteiger partial charge in [-0.1, -0.05) is 20.8 Å². The lowest BCUT2D eigenvalue weighted by Gasteiger charge is -2.62. The molecule has 2 N–H and O–H groups in total. The molecule has 1 aromatic rings. The predicted molar refractivity (Wildman–Crippen MR) is 128 cm³/mol. The maximum absolute atomic E-state index is 13.6. The van der Waals surface area contributed by atoms with Crippen LogP contribution in [-0.2, 0) is 6.54 Å². The number of fused-ring (bicyclic) bond motifs is 5. The number of aromatic nitrogens is 2. The van der Waals surface area contributed by atoms with Crippen LogP contribution in [0.3, 0.4) is 0 Å². The average molecular weight is 508 g/mol. The van der Waals surface area contributed by atoms with Crippen LogP contribution < -0.4 is 0 Å². The van der Waals surface area contributed by atoms with E-state index >= 15 is 0 Å². The van der Waals surface area contributed by atoms with E-state index in [1.165, 1.54) is 0 Å². The van der Waals surface area contributed by atoms with Gasteiger partial charge in [0.2, 0.25) is 0 Å². The molecule has 0 unspecified atom stereocenters. The van der Waals surface area contributed by atoms with E-state index in [1.54, 1.807) is 16.9 Å². The second-order valence-electron chi connectivity index (χ2n) is 13.1. The Kier molecular flexibility index (Phi) is 6.31. The molecule has 5 nitrogen and oxygen atoms in total. The summed E-state index contributed by atoms with van der Waals surface area (Å²) in [5, 5.41) is 34.8. The summed E-state index contributed by atoms with van der Waals surface area (Å²) >= 11 is 0. The zero-order valence-corrected chi connectivity index (χ0v) is 21.6. The van der Waals surface area contributed by atoms with Crippen LogP contribution in [0.25, 0.3) is 0 Å². The molecule has 0 spiro atoms. The van der Waals surface area contributed by atoms with Gasteiger partial charge >= 0.3 is 6.18 Å². The van der Waals surface area contributed by atoms with Gasteiger partial charge in [-0.3, -0.25) is 4.68 Å². The molecule has 0 bridgehead atoms. The van der Waals surface area contributed by atoms with Gasteiger partial charge < -0.3 is 10.2 Å². The Bertz CT molecular complexity index is 1020. The summed E-state index contributed by atoms with van der Waals surface area (Å²) in [4.78, 5) is 0. The van der Waals surface area contributed by atoms with Gasteiger partial charge in [0, 0.05) is 6.20 Å². The highest BCUT2D eigenvalue weighted by Gasteiger charge is 2.65. The molecule has 5 rings (SSSR count). The molecule has 8 heteroatoms. The number of hydrogen-bond acceptors (Lipinski definition) is 4. The highest BCUT2D eigenvalue weighted by Crippen LogP contribution is 2.69. The van der Waals surface area contributed by atoms with Crippen molar-refractivity contribution in [2.75, 3.05) is 0 Å². The predicted octanol–water partition coefficient (Wildman–Crippen LogP) is 5.70. The van der Waals surface area contributed by atoms with Crippen molar-refractivity contribution in [2.24, 2.45) is 46.3 Å². The van der Waals surface area contributed by atoms with Gasteiger partial charge in [0.25, 0.3) is 0 Å². The molecule has 36 heavy (non-hydrogen) atoms. The molecule has 0 aliphatic heterocycles. The molecule has 4 fully saturated rings. The second-order valence-corrected chi connectivity index (χ2v) is 13.1. The highest BCUT2D eigenvalue weighted by molar-refractivity contribution is 5.17. The van der Waals surface area contributed by atoms with Crippen LogP contribution in [0.5, 0.6) is 0 Å². The fourth-order valence-electron chi connectivity index (χ4n) is 9.56. The van der Waals surface area contributed by atoms with Gasteiger partial charge in [-0.05, 0) is 110 Å². The van der Waals surface area contributed by atoms with E-state index in [1.807, 2.05) is 6.07 Å². The van der Waals surface area contributed by atoms with Crippen molar-refractivity contribution in [3.8, 4) is 6.07 Å². The van der Waals surface area contributed by atoms with Gasteiger partial charge in [0.15, 0.2) is 11.3 Å². The highest BCUT2D eigenvalue weighted by atomic mass is 19.4. The van der Waals surface area contributed by atoms with E-state index in [4.69, 9.17) is 5.26 Å². The lowest BCUT2D eigenvalue weighted by molar-refractivity contribution is -0.290. The summed E-state index contributed by atoms with van der Waals surface area (Å²) < 4.78 is 42.5. The van der Waals surface area contributed by atoms with Crippen LogP contribution in [-0.4, -0.2) is 37.9 Å². The van der Waals surface area contributed by atoms with Crippen molar-refractivity contribution < 1.29 is 23.4 Å². The Hall–Kier alpha value is -1.59. The van der Waals surface area contributed by atoms with Crippen molar-refractivity contribution in [3.63, 3.8) is 0 Å². The SMILES string of the molecule is C[C@H]([C@H](O)Cn1ccc(C#N)n1)[C@H]1CC[C@H]2[C@@H]3CC[C@@H]4C[C@@](O)(C(F)(F)F)CC[C@]4(C)[C@H]3CC[C@@]12C. The number of alkyl halides is 3. The van der Waals surface area contributed by atoms with Crippen LogP contribution in [0.4, 0.5) is 13.2 Å². The fraction of sp³-hybridized carbons (Fsp3) is 0.857. The van der Waals surface area contributed by atoms with Gasteiger partial charge in [0.05, 0.1) is 12.6 Å². The largest absolute Gasteiger partial charge is 0.417 e. The van der Waals surface area contributed by atoms with Crippen LogP contribution in [0.2, 0.25) is 0 Å². The number of rotatable bonds is 4. The van der Waals surface area contributed by atoms with Crippen molar-refractivity contribution in [1.29, 1.82) is 5.26 Å². The van der Waals surface area contributed by atoms with E-state index in [2.05, 4.69) is 25.9 Å². The normalized spacial score (nSPS) is 44.1. The van der Waals surface area contributed by atoms with Crippen LogP contribution in [0.15, 0.2) is 12.3 Å². The first-order chi connectivity index (χ1) is 16.8. The first kappa shape index (κ1) is 26.0. The molecular weight excluding hydrogens is 467 g/mol. The third-order valence-electron chi connectivity index (χ3n) is 11.7. The first-order valence-corrected chi connectivity index (χ1v) is 13.7.